The molecular weight excluding hydrogens is 342 g/mol. The number of ether oxygens (including phenoxy) is 1. The molecule has 2 saturated heterocycles. The Morgan fingerprint density at radius 2 is 1.96 bits per heavy atom. The monoisotopic (exact) mass is 365 g/mol. The minimum Gasteiger partial charge on any atom is -0.383 e. The first-order valence-corrected chi connectivity index (χ1v) is 9.29. The van der Waals surface area contributed by atoms with Gasteiger partial charge in [0.1, 0.15) is 5.82 Å². The van der Waals surface area contributed by atoms with Gasteiger partial charge in [0.15, 0.2) is 5.65 Å². The normalized spacial score (nSPS) is 23.5. The second-order valence-electron chi connectivity index (χ2n) is 7.22. The molecule has 0 spiro atoms. The first-order valence-electron chi connectivity index (χ1n) is 9.29. The number of benzene rings is 1. The van der Waals surface area contributed by atoms with E-state index in [0.717, 1.165) is 43.9 Å². The molecule has 4 heterocycles. The molecule has 8 nitrogen and oxygen atoms in total. The van der Waals surface area contributed by atoms with Gasteiger partial charge in [0.2, 0.25) is 5.95 Å². The van der Waals surface area contributed by atoms with Crippen molar-refractivity contribution in [2.24, 2.45) is 7.05 Å². The van der Waals surface area contributed by atoms with Crippen LogP contribution in [0.5, 0.6) is 0 Å². The third-order valence-electron chi connectivity index (χ3n) is 5.59. The average Bonchev–Trinajstić information content (AvgIpc) is 3.09. The second kappa shape index (κ2) is 6.47. The Balaban J connectivity index is 1.41. The molecule has 2 aliphatic heterocycles. The molecule has 5 rings (SSSR count). The van der Waals surface area contributed by atoms with Crippen molar-refractivity contribution in [3.63, 3.8) is 0 Å². The second-order valence-corrected chi connectivity index (χ2v) is 7.22. The number of hydrogen-bond acceptors (Lipinski definition) is 7. The van der Waals surface area contributed by atoms with Gasteiger partial charge in [-0.15, -0.1) is 0 Å². The van der Waals surface area contributed by atoms with Gasteiger partial charge >= 0.3 is 0 Å². The lowest BCUT2D eigenvalue weighted by Crippen LogP contribution is -2.59. The zero-order valence-corrected chi connectivity index (χ0v) is 15.3. The van der Waals surface area contributed by atoms with Crippen molar-refractivity contribution in [3.8, 4) is 0 Å². The third-order valence-corrected chi connectivity index (χ3v) is 5.59. The number of hydrogen-bond donors (Lipinski definition) is 1. The smallest absolute Gasteiger partial charge is 0.229 e. The maximum absolute atomic E-state index is 6.14. The number of piperazine rings is 1. The molecular formula is C19H23N7O. The zero-order chi connectivity index (χ0) is 18.4. The van der Waals surface area contributed by atoms with Crippen molar-refractivity contribution in [2.75, 3.05) is 43.5 Å². The number of nitrogens with two attached hydrogens (primary N) is 1. The van der Waals surface area contributed by atoms with Crippen LogP contribution in [-0.2, 0) is 11.8 Å². The van der Waals surface area contributed by atoms with Crippen LogP contribution in [0.25, 0.3) is 11.0 Å². The van der Waals surface area contributed by atoms with Crippen LogP contribution in [0.4, 0.5) is 11.8 Å². The fourth-order valence-corrected chi connectivity index (χ4v) is 4.16. The van der Waals surface area contributed by atoms with Gasteiger partial charge in [-0.25, -0.2) is 0 Å². The van der Waals surface area contributed by atoms with E-state index in [4.69, 9.17) is 15.5 Å². The summed E-state index contributed by atoms with van der Waals surface area (Å²) in [4.78, 5) is 14.0. The zero-order valence-electron chi connectivity index (χ0n) is 15.3. The predicted octanol–water partition coefficient (Wildman–Crippen LogP) is 1.21. The van der Waals surface area contributed by atoms with Crippen LogP contribution < -0.4 is 10.6 Å². The number of fused-ring (bicyclic) bond motifs is 2. The number of aromatic nitrogens is 4. The van der Waals surface area contributed by atoms with Crippen molar-refractivity contribution in [3.05, 3.63) is 42.1 Å². The highest BCUT2D eigenvalue weighted by atomic mass is 16.5. The van der Waals surface area contributed by atoms with E-state index in [9.17, 15) is 0 Å². The summed E-state index contributed by atoms with van der Waals surface area (Å²) in [6, 6.07) is 11.2. The summed E-state index contributed by atoms with van der Waals surface area (Å²) in [5.74, 6) is 1.15. The lowest BCUT2D eigenvalue weighted by Gasteiger charge is -2.48. The summed E-state index contributed by atoms with van der Waals surface area (Å²) in [5, 5.41) is 5.04. The number of anilines is 2. The Labute approximate surface area is 157 Å². The number of morpholine rings is 1. The first-order chi connectivity index (χ1) is 13.2. The van der Waals surface area contributed by atoms with Crippen molar-refractivity contribution in [1.29, 1.82) is 0 Å². The molecule has 0 unspecified atom stereocenters. The van der Waals surface area contributed by atoms with Crippen LogP contribution in [0.15, 0.2) is 36.5 Å². The molecule has 0 saturated carbocycles. The molecule has 0 bridgehead atoms. The largest absolute Gasteiger partial charge is 0.383 e. The first kappa shape index (κ1) is 16.5. The summed E-state index contributed by atoms with van der Waals surface area (Å²) in [6.07, 6.45) is 1.71. The topological polar surface area (TPSA) is 85.3 Å². The highest BCUT2D eigenvalue weighted by Gasteiger charge is 2.37. The summed E-state index contributed by atoms with van der Waals surface area (Å²) in [6.45, 7) is 4.10. The van der Waals surface area contributed by atoms with E-state index in [1.54, 1.807) is 10.9 Å². The summed E-state index contributed by atoms with van der Waals surface area (Å²) in [7, 11) is 1.87. The predicted molar refractivity (Wildman–Crippen MR) is 103 cm³/mol. The van der Waals surface area contributed by atoms with Gasteiger partial charge in [-0.1, -0.05) is 30.3 Å². The van der Waals surface area contributed by atoms with Gasteiger partial charge in [-0.3, -0.25) is 9.58 Å². The molecule has 2 N–H and O–H groups in total. The fourth-order valence-electron chi connectivity index (χ4n) is 4.16. The van der Waals surface area contributed by atoms with Gasteiger partial charge in [0.25, 0.3) is 0 Å². The van der Waals surface area contributed by atoms with Crippen molar-refractivity contribution in [2.45, 2.75) is 12.1 Å². The minimum atomic E-state index is 0.303. The van der Waals surface area contributed by atoms with Crippen molar-refractivity contribution >= 4 is 22.8 Å². The number of rotatable bonds is 2. The molecule has 2 atom stereocenters. The fraction of sp³-hybridized carbons (Fsp3) is 0.421. The van der Waals surface area contributed by atoms with E-state index in [2.05, 4.69) is 50.2 Å². The van der Waals surface area contributed by atoms with Crippen LogP contribution in [-0.4, -0.2) is 63.5 Å². The molecule has 140 valence electrons. The Hall–Kier alpha value is -2.71. The molecule has 2 aliphatic rings. The van der Waals surface area contributed by atoms with Crippen LogP contribution >= 0.6 is 0 Å². The highest BCUT2D eigenvalue weighted by Crippen LogP contribution is 2.31. The van der Waals surface area contributed by atoms with E-state index >= 15 is 0 Å². The van der Waals surface area contributed by atoms with Crippen LogP contribution in [0.3, 0.4) is 0 Å². The standard InChI is InChI=1S/C19H23N7O/c1-24-18-15(9-21-24)17(20)22-19(23-18)25-7-8-26-14(10-25)11-27-12-16(26)13-5-3-2-4-6-13/h2-6,9,14,16H,7-8,10-12H2,1H3,(H2,20,22,23)/t14-,16-/m1/s1. The Morgan fingerprint density at radius 3 is 2.81 bits per heavy atom. The maximum atomic E-state index is 6.14. The van der Waals surface area contributed by atoms with Crippen molar-refractivity contribution < 1.29 is 4.74 Å². The van der Waals surface area contributed by atoms with E-state index < -0.39 is 0 Å². The average molecular weight is 365 g/mol. The maximum Gasteiger partial charge on any atom is 0.229 e. The van der Waals surface area contributed by atoms with Gasteiger partial charge in [0, 0.05) is 26.7 Å². The molecule has 3 aromatic rings. The van der Waals surface area contributed by atoms with Gasteiger partial charge in [0.05, 0.1) is 36.9 Å². The number of nitrogen functional groups attached to an aromatic ring is 1. The van der Waals surface area contributed by atoms with Crippen molar-refractivity contribution in [1.82, 2.24) is 24.6 Å². The lowest BCUT2D eigenvalue weighted by molar-refractivity contribution is -0.0548. The molecule has 0 radical (unpaired) electrons. The minimum absolute atomic E-state index is 0.303. The van der Waals surface area contributed by atoms with Gasteiger partial charge in [-0.2, -0.15) is 15.1 Å². The van der Waals surface area contributed by atoms with Crippen LogP contribution in [0.2, 0.25) is 0 Å². The van der Waals surface area contributed by atoms with E-state index in [1.807, 2.05) is 7.05 Å². The molecule has 0 amide bonds. The van der Waals surface area contributed by atoms with E-state index in [0.29, 0.717) is 23.8 Å². The lowest BCUT2D eigenvalue weighted by atomic mass is 10.0. The molecule has 2 aromatic heterocycles. The van der Waals surface area contributed by atoms with E-state index in [-0.39, 0.29) is 0 Å². The van der Waals surface area contributed by atoms with E-state index in [1.165, 1.54) is 5.56 Å². The number of aryl methyl sites for hydroxylation is 1. The summed E-state index contributed by atoms with van der Waals surface area (Å²) >= 11 is 0. The quantitative estimate of drug-likeness (QED) is 0.730. The summed E-state index contributed by atoms with van der Waals surface area (Å²) in [5.41, 5.74) is 8.22. The molecule has 1 aromatic carbocycles. The Kier molecular flexibility index (Phi) is 3.95. The van der Waals surface area contributed by atoms with Crippen LogP contribution in [0.1, 0.15) is 11.6 Å². The highest BCUT2D eigenvalue weighted by molar-refractivity contribution is 5.86. The Bertz CT molecular complexity index is 957. The number of nitrogens with zero attached hydrogens (tertiary/aromatic N) is 6. The third kappa shape index (κ3) is 2.81. The molecule has 8 heteroatoms. The SMILES string of the molecule is Cn1ncc2c(N)nc(N3CCN4[C@@H](COC[C@@H]4c4ccccc4)C3)nc21. The van der Waals surface area contributed by atoms with Gasteiger partial charge in [-0.05, 0) is 5.56 Å². The summed E-state index contributed by atoms with van der Waals surface area (Å²) < 4.78 is 7.68. The van der Waals surface area contributed by atoms with Crippen LogP contribution in [0, 0.1) is 0 Å². The molecule has 27 heavy (non-hydrogen) atoms. The Morgan fingerprint density at radius 1 is 1.11 bits per heavy atom. The molecule has 0 aliphatic carbocycles. The van der Waals surface area contributed by atoms with Gasteiger partial charge < -0.3 is 15.4 Å². The molecule has 2 fully saturated rings.